The maximum absolute atomic E-state index is 2.49. The molecule has 10 aromatic carbocycles. The average Bonchev–Trinajstić information content (AvgIpc) is 3.24. The molecule has 0 aliphatic heterocycles. The smallest absolute Gasteiger partial charge is 0.0546 e. The second-order valence-electron chi connectivity index (χ2n) is 13.7. The summed E-state index contributed by atoms with van der Waals surface area (Å²) in [6.07, 6.45) is 0. The molecule has 0 N–H and O–H groups in total. The van der Waals surface area contributed by atoms with Crippen molar-refractivity contribution in [1.82, 2.24) is 0 Å². The quantitative estimate of drug-likeness (QED) is 0.159. The number of benzene rings is 10. The highest BCUT2D eigenvalue weighted by atomic mass is 15.1. The summed E-state index contributed by atoms with van der Waals surface area (Å²) in [5, 5.41) is 9.83. The zero-order valence-corrected chi connectivity index (χ0v) is 29.2. The number of anilines is 3. The van der Waals surface area contributed by atoms with E-state index in [4.69, 9.17) is 0 Å². The molecule has 0 saturated carbocycles. The topological polar surface area (TPSA) is 3.24 Å². The van der Waals surface area contributed by atoms with Crippen LogP contribution in [0.2, 0.25) is 0 Å². The van der Waals surface area contributed by atoms with Gasteiger partial charge in [-0.1, -0.05) is 182 Å². The van der Waals surface area contributed by atoms with E-state index >= 15 is 0 Å². The standard InChI is InChI=1S/C52H35N/c1-2-14-36(15-3-1)38-30-32-43(33-31-38)53(51-35-41-19-7-9-22-45(41)47-23-10-11-24-48(47)51)50-27-13-25-46(42-29-28-37-16-4-5-18-40(37)34-42)52(50)49-26-12-20-39-17-6-8-21-44(39)49/h1-35H. The minimum atomic E-state index is 1.10. The van der Waals surface area contributed by atoms with Crippen LogP contribution in [0.4, 0.5) is 17.1 Å². The van der Waals surface area contributed by atoms with Crippen molar-refractivity contribution in [3.8, 4) is 33.4 Å². The maximum Gasteiger partial charge on any atom is 0.0546 e. The van der Waals surface area contributed by atoms with Gasteiger partial charge in [0.1, 0.15) is 0 Å². The molecule has 0 atom stereocenters. The van der Waals surface area contributed by atoms with Crippen LogP contribution < -0.4 is 4.90 Å². The van der Waals surface area contributed by atoms with E-state index in [1.165, 1.54) is 76.5 Å². The molecule has 0 radical (unpaired) electrons. The third-order valence-corrected chi connectivity index (χ3v) is 10.6. The molecule has 0 aliphatic rings. The third-order valence-electron chi connectivity index (χ3n) is 10.6. The van der Waals surface area contributed by atoms with Gasteiger partial charge in [-0.2, -0.15) is 0 Å². The molecule has 0 spiro atoms. The number of rotatable bonds is 6. The molecule has 1 heteroatoms. The van der Waals surface area contributed by atoms with Gasteiger partial charge in [0.15, 0.2) is 0 Å². The molecule has 0 heterocycles. The van der Waals surface area contributed by atoms with E-state index in [-0.39, 0.29) is 0 Å². The molecular weight excluding hydrogens is 639 g/mol. The van der Waals surface area contributed by atoms with Gasteiger partial charge in [0.2, 0.25) is 0 Å². The van der Waals surface area contributed by atoms with E-state index in [0.717, 1.165) is 17.1 Å². The Kier molecular flexibility index (Phi) is 7.55. The Labute approximate surface area is 309 Å². The second-order valence-corrected chi connectivity index (χ2v) is 13.7. The van der Waals surface area contributed by atoms with Crippen LogP contribution >= 0.6 is 0 Å². The fourth-order valence-electron chi connectivity index (χ4n) is 8.11. The Balaban J connectivity index is 1.31. The van der Waals surface area contributed by atoms with Crippen LogP contribution in [-0.2, 0) is 0 Å². The molecule has 10 rings (SSSR count). The second kappa shape index (κ2) is 13.0. The van der Waals surface area contributed by atoms with Crippen molar-refractivity contribution in [2.24, 2.45) is 0 Å². The van der Waals surface area contributed by atoms with Crippen LogP contribution in [0.5, 0.6) is 0 Å². The lowest BCUT2D eigenvalue weighted by molar-refractivity contribution is 1.30. The number of hydrogen-bond donors (Lipinski definition) is 0. The van der Waals surface area contributed by atoms with E-state index < -0.39 is 0 Å². The van der Waals surface area contributed by atoms with E-state index in [9.17, 15) is 0 Å². The summed E-state index contributed by atoms with van der Waals surface area (Å²) in [5.74, 6) is 0. The third kappa shape index (κ3) is 5.42. The highest BCUT2D eigenvalue weighted by Crippen LogP contribution is 2.49. The normalized spacial score (nSPS) is 11.4. The fourth-order valence-corrected chi connectivity index (χ4v) is 8.11. The Morgan fingerprint density at radius 2 is 0.830 bits per heavy atom. The van der Waals surface area contributed by atoms with Gasteiger partial charge in [0.25, 0.3) is 0 Å². The van der Waals surface area contributed by atoms with Crippen LogP contribution in [0.1, 0.15) is 0 Å². The van der Waals surface area contributed by atoms with Gasteiger partial charge in [-0.05, 0) is 95.9 Å². The lowest BCUT2D eigenvalue weighted by Gasteiger charge is -2.31. The number of fused-ring (bicyclic) bond motifs is 5. The van der Waals surface area contributed by atoms with Gasteiger partial charge in [0, 0.05) is 16.6 Å². The van der Waals surface area contributed by atoms with Crippen molar-refractivity contribution in [3.05, 3.63) is 212 Å². The van der Waals surface area contributed by atoms with Gasteiger partial charge in [-0.3, -0.25) is 0 Å². The van der Waals surface area contributed by atoms with Gasteiger partial charge >= 0.3 is 0 Å². The van der Waals surface area contributed by atoms with Gasteiger partial charge < -0.3 is 4.90 Å². The largest absolute Gasteiger partial charge is 0.309 e. The minimum absolute atomic E-state index is 1.10. The molecule has 248 valence electrons. The molecule has 0 unspecified atom stereocenters. The number of hydrogen-bond acceptors (Lipinski definition) is 1. The highest BCUT2D eigenvalue weighted by Gasteiger charge is 2.24. The minimum Gasteiger partial charge on any atom is -0.309 e. The lowest BCUT2D eigenvalue weighted by Crippen LogP contribution is -2.12. The first-order valence-corrected chi connectivity index (χ1v) is 18.3. The summed E-state index contributed by atoms with van der Waals surface area (Å²) in [7, 11) is 0. The summed E-state index contributed by atoms with van der Waals surface area (Å²) in [5.41, 5.74) is 10.6. The first-order chi connectivity index (χ1) is 26.3. The molecule has 0 aliphatic carbocycles. The van der Waals surface area contributed by atoms with Crippen molar-refractivity contribution in [3.63, 3.8) is 0 Å². The van der Waals surface area contributed by atoms with Crippen LogP contribution in [0.15, 0.2) is 212 Å². The fraction of sp³-hybridized carbons (Fsp3) is 0. The van der Waals surface area contributed by atoms with Crippen LogP contribution in [-0.4, -0.2) is 0 Å². The van der Waals surface area contributed by atoms with E-state index in [2.05, 4.69) is 217 Å². The number of nitrogens with zero attached hydrogens (tertiary/aromatic N) is 1. The average molecular weight is 674 g/mol. The molecule has 1 nitrogen and oxygen atoms in total. The van der Waals surface area contributed by atoms with Crippen molar-refractivity contribution in [2.75, 3.05) is 4.90 Å². The van der Waals surface area contributed by atoms with E-state index in [0.29, 0.717) is 0 Å². The predicted molar refractivity (Wildman–Crippen MR) is 227 cm³/mol. The van der Waals surface area contributed by atoms with Gasteiger partial charge in [0.05, 0.1) is 11.4 Å². The van der Waals surface area contributed by atoms with E-state index in [1.54, 1.807) is 0 Å². The molecule has 0 saturated heterocycles. The zero-order chi connectivity index (χ0) is 35.1. The first-order valence-electron chi connectivity index (χ1n) is 18.3. The molecule has 0 aromatic heterocycles. The van der Waals surface area contributed by atoms with Gasteiger partial charge in [-0.15, -0.1) is 0 Å². The monoisotopic (exact) mass is 673 g/mol. The summed E-state index contributed by atoms with van der Waals surface area (Å²) >= 11 is 0. The molecule has 0 fully saturated rings. The maximum atomic E-state index is 2.49. The Bertz CT molecular complexity index is 2940. The Morgan fingerprint density at radius 1 is 0.264 bits per heavy atom. The van der Waals surface area contributed by atoms with Crippen molar-refractivity contribution in [2.45, 2.75) is 0 Å². The highest BCUT2D eigenvalue weighted by molar-refractivity contribution is 6.16. The van der Waals surface area contributed by atoms with Crippen molar-refractivity contribution < 1.29 is 0 Å². The van der Waals surface area contributed by atoms with Crippen molar-refractivity contribution in [1.29, 1.82) is 0 Å². The van der Waals surface area contributed by atoms with Crippen molar-refractivity contribution >= 4 is 60.2 Å². The predicted octanol–water partition coefficient (Wildman–Crippen LogP) is 14.8. The Morgan fingerprint density at radius 3 is 1.64 bits per heavy atom. The first kappa shape index (κ1) is 30.8. The molecule has 0 bridgehead atoms. The SMILES string of the molecule is c1ccc(-c2ccc(N(c3cccc(-c4ccc5ccccc5c4)c3-c3cccc4ccccc34)c3cc4ccccc4c4ccccc34)cc2)cc1. The molecule has 10 aromatic rings. The lowest BCUT2D eigenvalue weighted by atomic mass is 9.88. The van der Waals surface area contributed by atoms with Gasteiger partial charge in [-0.25, -0.2) is 0 Å². The van der Waals surface area contributed by atoms with Crippen LogP contribution in [0.3, 0.4) is 0 Å². The molecule has 0 amide bonds. The molecule has 53 heavy (non-hydrogen) atoms. The summed E-state index contributed by atoms with van der Waals surface area (Å²) in [6, 6.07) is 77.5. The zero-order valence-electron chi connectivity index (χ0n) is 29.2. The van der Waals surface area contributed by atoms with E-state index in [1.807, 2.05) is 0 Å². The molecular formula is C52H35N. The summed E-state index contributed by atoms with van der Waals surface area (Å²) in [4.78, 5) is 2.49. The Hall–Kier alpha value is -6.96. The van der Waals surface area contributed by atoms with Crippen LogP contribution in [0, 0.1) is 0 Å². The summed E-state index contributed by atoms with van der Waals surface area (Å²) in [6.45, 7) is 0. The van der Waals surface area contributed by atoms with Crippen LogP contribution in [0.25, 0.3) is 76.5 Å². The summed E-state index contributed by atoms with van der Waals surface area (Å²) < 4.78 is 0.